The number of hydrogen-bond donors (Lipinski definition) is 0. The van der Waals surface area contributed by atoms with Gasteiger partial charge in [-0.25, -0.2) is 0 Å². The third kappa shape index (κ3) is 4.96. The lowest BCUT2D eigenvalue weighted by atomic mass is 9.93. The van der Waals surface area contributed by atoms with Crippen LogP contribution in [0.2, 0.25) is 0 Å². The van der Waals surface area contributed by atoms with Crippen molar-refractivity contribution in [2.24, 2.45) is 0 Å². The highest BCUT2D eigenvalue weighted by Crippen LogP contribution is 2.38. The predicted molar refractivity (Wildman–Crippen MR) is 116 cm³/mol. The van der Waals surface area contributed by atoms with Crippen LogP contribution in [0.5, 0.6) is 11.5 Å². The number of fused-ring (bicyclic) bond motifs is 1. The van der Waals surface area contributed by atoms with Gasteiger partial charge in [0.25, 0.3) is 0 Å². The number of ether oxygens (including phenoxy) is 2. The summed E-state index contributed by atoms with van der Waals surface area (Å²) in [5.74, 6) is 0.264. The van der Waals surface area contributed by atoms with Crippen LogP contribution in [0.4, 0.5) is 13.2 Å². The van der Waals surface area contributed by atoms with Crippen molar-refractivity contribution < 1.29 is 27.4 Å². The average Bonchev–Trinajstić information content (AvgIpc) is 3.25. The summed E-state index contributed by atoms with van der Waals surface area (Å²) in [5, 5.41) is 2.01. The zero-order valence-electron chi connectivity index (χ0n) is 17.1. The Morgan fingerprint density at radius 2 is 1.75 bits per heavy atom. The van der Waals surface area contributed by atoms with Crippen LogP contribution in [-0.4, -0.2) is 30.7 Å². The summed E-state index contributed by atoms with van der Waals surface area (Å²) in [6.07, 6.45) is -0.616. The van der Waals surface area contributed by atoms with Crippen molar-refractivity contribution >= 4 is 17.1 Å². The van der Waals surface area contributed by atoms with Gasteiger partial charge in [-0.1, -0.05) is 12.1 Å². The number of rotatable bonds is 6. The van der Waals surface area contributed by atoms with Crippen molar-refractivity contribution in [1.82, 2.24) is 4.90 Å². The van der Waals surface area contributed by atoms with Crippen molar-refractivity contribution in [3.63, 3.8) is 0 Å². The van der Waals surface area contributed by atoms with Crippen LogP contribution in [0.15, 0.2) is 72.3 Å². The summed E-state index contributed by atoms with van der Waals surface area (Å²) in [6, 6.07) is 14.6. The van der Waals surface area contributed by atoms with Gasteiger partial charge in [0.05, 0.1) is 13.2 Å². The summed E-state index contributed by atoms with van der Waals surface area (Å²) in [6.45, 7) is 0.686. The Bertz CT molecular complexity index is 1100. The SMILES string of the molecule is COc1ccc(C(=O)C=CN2CCc3sccc3C2c2ccc(OC(F)(F)F)cc2)cc1. The number of thiophene rings is 1. The highest BCUT2D eigenvalue weighted by molar-refractivity contribution is 7.10. The molecule has 2 heterocycles. The van der Waals surface area contributed by atoms with Crippen LogP contribution in [0.25, 0.3) is 0 Å². The molecule has 8 heteroatoms. The van der Waals surface area contributed by atoms with Gasteiger partial charge < -0.3 is 14.4 Å². The number of allylic oxidation sites excluding steroid dienone is 1. The van der Waals surface area contributed by atoms with E-state index in [9.17, 15) is 18.0 Å². The maximum atomic E-state index is 12.6. The number of nitrogens with zero attached hydrogens (tertiary/aromatic N) is 1. The first kappa shape index (κ1) is 22.0. The smallest absolute Gasteiger partial charge is 0.497 e. The molecular formula is C24H20F3NO3S. The van der Waals surface area contributed by atoms with Gasteiger partial charge >= 0.3 is 6.36 Å². The molecule has 32 heavy (non-hydrogen) atoms. The molecule has 0 N–H and O–H groups in total. The average molecular weight is 459 g/mol. The van der Waals surface area contributed by atoms with Gasteiger partial charge in [-0.05, 0) is 65.4 Å². The van der Waals surface area contributed by atoms with E-state index in [1.54, 1.807) is 61.0 Å². The minimum atomic E-state index is -4.73. The molecule has 1 aromatic heterocycles. The number of ketones is 1. The van der Waals surface area contributed by atoms with E-state index in [4.69, 9.17) is 4.74 Å². The zero-order valence-corrected chi connectivity index (χ0v) is 18.0. The van der Waals surface area contributed by atoms with Crippen LogP contribution in [-0.2, 0) is 6.42 Å². The molecular weight excluding hydrogens is 439 g/mol. The Morgan fingerprint density at radius 1 is 1.06 bits per heavy atom. The third-order valence-corrected chi connectivity index (χ3v) is 6.22. The standard InChI is InChI=1S/C24H20F3NO3S/c1-30-18-6-2-16(3-7-18)21(29)10-13-28-14-11-22-20(12-15-32-22)23(28)17-4-8-19(9-5-17)31-24(25,26)27/h2-10,12-13,15,23H,11,14H2,1H3. The largest absolute Gasteiger partial charge is 0.573 e. The molecule has 1 atom stereocenters. The monoisotopic (exact) mass is 459 g/mol. The fraction of sp³-hybridized carbons (Fsp3) is 0.208. The molecule has 0 fully saturated rings. The van der Waals surface area contributed by atoms with Gasteiger partial charge in [-0.3, -0.25) is 4.79 Å². The van der Waals surface area contributed by atoms with E-state index in [2.05, 4.69) is 4.74 Å². The maximum Gasteiger partial charge on any atom is 0.573 e. The zero-order chi connectivity index (χ0) is 22.7. The van der Waals surface area contributed by atoms with E-state index in [0.717, 1.165) is 17.5 Å². The molecule has 4 nitrogen and oxygen atoms in total. The van der Waals surface area contributed by atoms with Crippen molar-refractivity contribution in [3.8, 4) is 11.5 Å². The number of methoxy groups -OCH3 is 1. The lowest BCUT2D eigenvalue weighted by Crippen LogP contribution is -2.31. The van der Waals surface area contributed by atoms with E-state index >= 15 is 0 Å². The molecule has 1 aliphatic rings. The Morgan fingerprint density at radius 3 is 2.41 bits per heavy atom. The molecule has 0 bridgehead atoms. The van der Waals surface area contributed by atoms with Gasteiger partial charge in [0.15, 0.2) is 5.78 Å². The number of carbonyl (C=O) groups excluding carboxylic acids is 1. The molecule has 0 aliphatic carbocycles. The Kier molecular flexibility index (Phi) is 6.23. The normalized spacial score (nSPS) is 16.1. The summed E-state index contributed by atoms with van der Waals surface area (Å²) in [4.78, 5) is 15.9. The molecule has 1 unspecified atom stereocenters. The molecule has 1 aliphatic heterocycles. The number of halogens is 3. The van der Waals surface area contributed by atoms with Crippen molar-refractivity contribution in [2.45, 2.75) is 18.8 Å². The lowest BCUT2D eigenvalue weighted by molar-refractivity contribution is -0.274. The van der Waals surface area contributed by atoms with Crippen LogP contribution >= 0.6 is 11.3 Å². The maximum absolute atomic E-state index is 12.6. The number of hydrogen-bond acceptors (Lipinski definition) is 5. The summed E-state index contributed by atoms with van der Waals surface area (Å²) in [7, 11) is 1.56. The van der Waals surface area contributed by atoms with Gasteiger partial charge in [-0.15, -0.1) is 24.5 Å². The van der Waals surface area contributed by atoms with Crippen LogP contribution in [0.1, 0.15) is 32.4 Å². The molecule has 0 saturated carbocycles. The summed E-state index contributed by atoms with van der Waals surface area (Å²) < 4.78 is 46.6. The molecule has 0 amide bonds. The number of benzene rings is 2. The van der Waals surface area contributed by atoms with E-state index in [-0.39, 0.29) is 17.6 Å². The topological polar surface area (TPSA) is 38.8 Å². The third-order valence-electron chi connectivity index (χ3n) is 5.22. The van der Waals surface area contributed by atoms with Gasteiger partial charge in [-0.2, -0.15) is 0 Å². The van der Waals surface area contributed by atoms with Crippen molar-refractivity contribution in [1.29, 1.82) is 0 Å². The first-order valence-electron chi connectivity index (χ1n) is 9.88. The minimum Gasteiger partial charge on any atom is -0.497 e. The van der Waals surface area contributed by atoms with Crippen molar-refractivity contribution in [3.05, 3.63) is 93.8 Å². The molecule has 4 rings (SSSR count). The first-order chi connectivity index (χ1) is 15.3. The quantitative estimate of drug-likeness (QED) is 0.335. The van der Waals surface area contributed by atoms with Crippen LogP contribution < -0.4 is 9.47 Å². The highest BCUT2D eigenvalue weighted by Gasteiger charge is 2.32. The number of carbonyl (C=O) groups is 1. The van der Waals surface area contributed by atoms with Gasteiger partial charge in [0.1, 0.15) is 11.5 Å². The molecule has 0 radical (unpaired) electrons. The fourth-order valence-corrected chi connectivity index (χ4v) is 4.64. The predicted octanol–water partition coefficient (Wildman–Crippen LogP) is 6.00. The Balaban J connectivity index is 1.58. The fourth-order valence-electron chi connectivity index (χ4n) is 3.73. The molecule has 166 valence electrons. The second-order valence-electron chi connectivity index (χ2n) is 7.21. The van der Waals surface area contributed by atoms with Gasteiger partial charge in [0, 0.05) is 29.3 Å². The summed E-state index contributed by atoms with van der Waals surface area (Å²) >= 11 is 1.66. The number of alkyl halides is 3. The van der Waals surface area contributed by atoms with Crippen molar-refractivity contribution in [2.75, 3.05) is 13.7 Å². The van der Waals surface area contributed by atoms with E-state index in [1.165, 1.54) is 23.1 Å². The highest BCUT2D eigenvalue weighted by atomic mass is 32.1. The van der Waals surface area contributed by atoms with E-state index in [0.29, 0.717) is 17.9 Å². The molecule has 0 spiro atoms. The lowest BCUT2D eigenvalue weighted by Gasteiger charge is -2.35. The molecule has 0 saturated heterocycles. The summed E-state index contributed by atoms with van der Waals surface area (Å²) in [5.41, 5.74) is 2.45. The first-order valence-corrected chi connectivity index (χ1v) is 10.8. The van der Waals surface area contributed by atoms with E-state index in [1.807, 2.05) is 16.3 Å². The van der Waals surface area contributed by atoms with Gasteiger partial charge in [0.2, 0.25) is 0 Å². The molecule has 3 aromatic rings. The minimum absolute atomic E-state index is 0.142. The van der Waals surface area contributed by atoms with Crippen LogP contribution in [0.3, 0.4) is 0 Å². The van der Waals surface area contributed by atoms with E-state index < -0.39 is 6.36 Å². The second-order valence-corrected chi connectivity index (χ2v) is 8.22. The van der Waals surface area contributed by atoms with Crippen LogP contribution in [0, 0.1) is 0 Å². The molecule has 2 aromatic carbocycles. The Labute approximate surface area is 187 Å². The Hall–Kier alpha value is -3.26. The second kappa shape index (κ2) is 9.08.